The van der Waals surface area contributed by atoms with Gasteiger partial charge >= 0.3 is 0 Å². The van der Waals surface area contributed by atoms with Gasteiger partial charge in [-0.2, -0.15) is 0 Å². The van der Waals surface area contributed by atoms with Crippen LogP contribution in [-0.4, -0.2) is 27.1 Å². The predicted molar refractivity (Wildman–Crippen MR) is 82.1 cm³/mol. The van der Waals surface area contributed by atoms with E-state index in [0.29, 0.717) is 6.61 Å². The molecule has 21 heavy (non-hydrogen) atoms. The number of nitrogens with zero attached hydrogens (tertiary/aromatic N) is 3. The molecule has 0 aliphatic heterocycles. The van der Waals surface area contributed by atoms with E-state index in [1.165, 1.54) is 5.56 Å². The number of rotatable bonds is 7. The third kappa shape index (κ3) is 4.63. The number of oxime groups is 1. The van der Waals surface area contributed by atoms with Crippen molar-refractivity contribution in [3.8, 4) is 5.75 Å². The van der Waals surface area contributed by atoms with Gasteiger partial charge in [-0.05, 0) is 37.5 Å². The first-order valence-electron chi connectivity index (χ1n) is 7.04. The zero-order valence-corrected chi connectivity index (χ0v) is 12.5. The van der Waals surface area contributed by atoms with Crippen LogP contribution in [0, 0.1) is 0 Å². The molecule has 0 spiro atoms. The molecule has 0 radical (unpaired) electrons. The lowest BCUT2D eigenvalue weighted by atomic mass is 10.1. The van der Waals surface area contributed by atoms with Crippen molar-refractivity contribution in [2.45, 2.75) is 26.2 Å². The van der Waals surface area contributed by atoms with E-state index in [0.717, 1.165) is 36.5 Å². The molecule has 0 unspecified atom stereocenters. The normalized spacial score (nSPS) is 11.6. The molecule has 5 heteroatoms. The zero-order valence-electron chi connectivity index (χ0n) is 12.5. The molecule has 0 amide bonds. The van der Waals surface area contributed by atoms with Gasteiger partial charge in [0.15, 0.2) is 0 Å². The van der Waals surface area contributed by atoms with E-state index in [9.17, 15) is 0 Å². The summed E-state index contributed by atoms with van der Waals surface area (Å²) >= 11 is 0. The maximum absolute atomic E-state index is 8.61. The van der Waals surface area contributed by atoms with Crippen LogP contribution in [0.25, 0.3) is 0 Å². The fourth-order valence-electron chi connectivity index (χ4n) is 2.03. The highest BCUT2D eigenvalue weighted by Crippen LogP contribution is 2.14. The van der Waals surface area contributed by atoms with Crippen LogP contribution >= 0.6 is 0 Å². The summed E-state index contributed by atoms with van der Waals surface area (Å²) in [7, 11) is 1.98. The summed E-state index contributed by atoms with van der Waals surface area (Å²) in [5.41, 5.74) is 1.94. The van der Waals surface area contributed by atoms with Crippen LogP contribution in [0.4, 0.5) is 0 Å². The van der Waals surface area contributed by atoms with Gasteiger partial charge in [0.2, 0.25) is 0 Å². The maximum Gasteiger partial charge on any atom is 0.119 e. The van der Waals surface area contributed by atoms with E-state index in [4.69, 9.17) is 9.94 Å². The van der Waals surface area contributed by atoms with Crippen molar-refractivity contribution in [2.75, 3.05) is 6.61 Å². The molecule has 112 valence electrons. The average Bonchev–Trinajstić information content (AvgIpc) is 2.91. The highest BCUT2D eigenvalue weighted by atomic mass is 16.5. The SMILES string of the molecule is C/C(CCc1ccc(OCCc2nccn2C)cc1)=N/O. The van der Waals surface area contributed by atoms with Crippen molar-refractivity contribution in [1.29, 1.82) is 0 Å². The van der Waals surface area contributed by atoms with E-state index < -0.39 is 0 Å². The Morgan fingerprint density at radius 3 is 2.67 bits per heavy atom. The Kier molecular flexibility index (Phi) is 5.37. The van der Waals surface area contributed by atoms with E-state index >= 15 is 0 Å². The first kappa shape index (κ1) is 15.1. The third-order valence-electron chi connectivity index (χ3n) is 3.38. The Bertz CT molecular complexity index is 588. The van der Waals surface area contributed by atoms with Crippen LogP contribution in [-0.2, 0) is 19.9 Å². The van der Waals surface area contributed by atoms with E-state index in [1.807, 2.05) is 49.0 Å². The molecular weight excluding hydrogens is 266 g/mol. The summed E-state index contributed by atoms with van der Waals surface area (Å²) < 4.78 is 7.72. The summed E-state index contributed by atoms with van der Waals surface area (Å²) in [4.78, 5) is 4.26. The number of aromatic nitrogens is 2. The summed E-state index contributed by atoms with van der Waals surface area (Å²) in [5.74, 6) is 1.88. The Morgan fingerprint density at radius 2 is 2.05 bits per heavy atom. The molecule has 1 N–H and O–H groups in total. The topological polar surface area (TPSA) is 59.6 Å². The molecule has 0 atom stereocenters. The Hall–Kier alpha value is -2.30. The number of aryl methyl sites for hydroxylation is 2. The van der Waals surface area contributed by atoms with Crippen LogP contribution in [0.15, 0.2) is 41.8 Å². The molecule has 0 aliphatic carbocycles. The molecule has 0 fully saturated rings. The van der Waals surface area contributed by atoms with Crippen LogP contribution in [0.1, 0.15) is 24.7 Å². The van der Waals surface area contributed by atoms with Crippen LogP contribution < -0.4 is 4.74 Å². The van der Waals surface area contributed by atoms with Crippen LogP contribution in [0.5, 0.6) is 5.75 Å². The second-order valence-electron chi connectivity index (χ2n) is 5.03. The van der Waals surface area contributed by atoms with Gasteiger partial charge in [0.25, 0.3) is 0 Å². The smallest absolute Gasteiger partial charge is 0.119 e. The van der Waals surface area contributed by atoms with Crippen molar-refractivity contribution in [3.63, 3.8) is 0 Å². The fourth-order valence-corrected chi connectivity index (χ4v) is 2.03. The van der Waals surface area contributed by atoms with E-state index in [2.05, 4.69) is 10.1 Å². The second kappa shape index (κ2) is 7.47. The van der Waals surface area contributed by atoms with Gasteiger partial charge in [0.1, 0.15) is 11.6 Å². The number of ether oxygens (including phenoxy) is 1. The molecular formula is C16H21N3O2. The summed E-state index contributed by atoms with van der Waals surface area (Å²) in [6.45, 7) is 2.43. The van der Waals surface area contributed by atoms with Crippen molar-refractivity contribution in [1.82, 2.24) is 9.55 Å². The predicted octanol–water partition coefficient (Wildman–Crippen LogP) is 2.82. The molecule has 2 rings (SSSR count). The molecule has 1 heterocycles. The number of imidazole rings is 1. The van der Waals surface area contributed by atoms with E-state index in [-0.39, 0.29) is 0 Å². The number of hydrogen-bond acceptors (Lipinski definition) is 4. The Labute approximate surface area is 124 Å². The second-order valence-corrected chi connectivity index (χ2v) is 5.03. The summed E-state index contributed by atoms with van der Waals surface area (Å²) in [5, 5.41) is 11.8. The summed E-state index contributed by atoms with van der Waals surface area (Å²) in [6.07, 6.45) is 6.14. The largest absolute Gasteiger partial charge is 0.493 e. The Balaban J connectivity index is 1.78. The molecule has 2 aromatic rings. The fraction of sp³-hybridized carbons (Fsp3) is 0.375. The molecule has 5 nitrogen and oxygen atoms in total. The maximum atomic E-state index is 8.61. The lowest BCUT2D eigenvalue weighted by molar-refractivity contribution is 0.317. The first-order valence-corrected chi connectivity index (χ1v) is 7.04. The van der Waals surface area contributed by atoms with Gasteiger partial charge in [-0.1, -0.05) is 17.3 Å². The lowest BCUT2D eigenvalue weighted by Crippen LogP contribution is -2.06. The minimum atomic E-state index is 0.612. The highest BCUT2D eigenvalue weighted by Gasteiger charge is 2.01. The monoisotopic (exact) mass is 287 g/mol. The van der Waals surface area contributed by atoms with Gasteiger partial charge in [-0.15, -0.1) is 0 Å². The van der Waals surface area contributed by atoms with Crippen molar-refractivity contribution >= 4 is 5.71 Å². The van der Waals surface area contributed by atoms with Crippen LogP contribution in [0.2, 0.25) is 0 Å². The molecule has 0 saturated heterocycles. The van der Waals surface area contributed by atoms with Gasteiger partial charge in [0.05, 0.1) is 12.3 Å². The minimum Gasteiger partial charge on any atom is -0.493 e. The number of benzene rings is 1. The standard InChI is InChI=1S/C16H21N3O2/c1-13(18-20)3-4-14-5-7-15(8-6-14)21-12-9-16-17-10-11-19(16)2/h5-8,10-11,20H,3-4,9,12H2,1-2H3/b18-13-. The lowest BCUT2D eigenvalue weighted by Gasteiger charge is -2.07. The van der Waals surface area contributed by atoms with Crippen molar-refractivity contribution < 1.29 is 9.94 Å². The molecule has 0 aliphatic rings. The first-order chi connectivity index (χ1) is 10.2. The van der Waals surface area contributed by atoms with Crippen LogP contribution in [0.3, 0.4) is 0 Å². The molecule has 0 saturated carbocycles. The third-order valence-corrected chi connectivity index (χ3v) is 3.38. The molecule has 1 aromatic carbocycles. The van der Waals surface area contributed by atoms with Gasteiger partial charge in [-0.25, -0.2) is 4.98 Å². The minimum absolute atomic E-state index is 0.612. The molecule has 0 bridgehead atoms. The van der Waals surface area contributed by atoms with Gasteiger partial charge < -0.3 is 14.5 Å². The van der Waals surface area contributed by atoms with Gasteiger partial charge in [-0.3, -0.25) is 0 Å². The highest BCUT2D eigenvalue weighted by molar-refractivity contribution is 5.81. The van der Waals surface area contributed by atoms with Crippen molar-refractivity contribution in [3.05, 3.63) is 48.0 Å². The summed E-state index contributed by atoms with van der Waals surface area (Å²) in [6, 6.07) is 8.03. The Morgan fingerprint density at radius 1 is 1.29 bits per heavy atom. The van der Waals surface area contributed by atoms with E-state index in [1.54, 1.807) is 6.20 Å². The number of hydrogen-bond donors (Lipinski definition) is 1. The quantitative estimate of drug-likeness (QED) is 0.484. The average molecular weight is 287 g/mol. The molecule has 1 aromatic heterocycles. The van der Waals surface area contributed by atoms with Gasteiger partial charge in [0, 0.05) is 25.9 Å². The zero-order chi connectivity index (χ0) is 15.1. The van der Waals surface area contributed by atoms with Crippen molar-refractivity contribution in [2.24, 2.45) is 12.2 Å².